The summed E-state index contributed by atoms with van der Waals surface area (Å²) < 4.78 is 31.8. The topological polar surface area (TPSA) is 76.5 Å². The molecular weight excluding hydrogens is 536 g/mol. The van der Waals surface area contributed by atoms with Gasteiger partial charge in [-0.3, -0.25) is 18.8 Å². The normalized spacial score (nSPS) is 14.8. The Morgan fingerprint density at radius 2 is 1.40 bits per heavy atom. The second-order valence-corrected chi connectivity index (χ2v) is 11.2. The maximum atomic E-state index is 14.7. The molecule has 5 rings (SSSR count). The van der Waals surface area contributed by atoms with Crippen LogP contribution in [0.15, 0.2) is 76.3 Å². The molecule has 9 heteroatoms. The number of nitrogens with zero attached hydrogens (tertiary/aromatic N) is 4. The molecule has 1 fully saturated rings. The van der Waals surface area contributed by atoms with E-state index in [4.69, 9.17) is 5.73 Å². The van der Waals surface area contributed by atoms with E-state index in [9.17, 15) is 18.4 Å². The Balaban J connectivity index is 1.49. The van der Waals surface area contributed by atoms with Crippen LogP contribution in [-0.2, 0) is 19.6 Å². The predicted molar refractivity (Wildman–Crippen MR) is 162 cm³/mol. The van der Waals surface area contributed by atoms with E-state index in [1.807, 2.05) is 35.2 Å². The van der Waals surface area contributed by atoms with Gasteiger partial charge >= 0.3 is 5.69 Å². The molecule has 1 atom stereocenters. The molecule has 0 saturated carbocycles. The van der Waals surface area contributed by atoms with Gasteiger partial charge in [0.25, 0.3) is 5.56 Å². The van der Waals surface area contributed by atoms with Crippen molar-refractivity contribution in [3.63, 3.8) is 0 Å². The summed E-state index contributed by atoms with van der Waals surface area (Å²) in [7, 11) is 0. The van der Waals surface area contributed by atoms with Crippen molar-refractivity contribution in [2.24, 2.45) is 5.73 Å². The number of halogens is 2. The molecule has 0 aliphatic carbocycles. The Hall–Kier alpha value is -4.08. The van der Waals surface area contributed by atoms with Gasteiger partial charge in [-0.1, -0.05) is 65.7 Å². The van der Waals surface area contributed by atoms with E-state index in [1.165, 1.54) is 27.3 Å². The summed E-state index contributed by atoms with van der Waals surface area (Å²) in [5, 5.41) is 0. The minimum absolute atomic E-state index is 0.0681. The molecule has 1 aromatic heterocycles. The van der Waals surface area contributed by atoms with Gasteiger partial charge in [0.2, 0.25) is 0 Å². The Labute approximate surface area is 244 Å². The molecule has 7 nitrogen and oxygen atoms in total. The van der Waals surface area contributed by atoms with Crippen LogP contribution in [0.5, 0.6) is 0 Å². The summed E-state index contributed by atoms with van der Waals surface area (Å²) in [5.74, 6) is -1.50. The van der Waals surface area contributed by atoms with Crippen LogP contribution in [-0.4, -0.2) is 40.2 Å². The van der Waals surface area contributed by atoms with Gasteiger partial charge in [0.05, 0.1) is 13.1 Å². The van der Waals surface area contributed by atoms with E-state index in [-0.39, 0.29) is 18.7 Å². The van der Waals surface area contributed by atoms with Crippen molar-refractivity contribution in [2.75, 3.05) is 31.1 Å². The highest BCUT2D eigenvalue weighted by Crippen LogP contribution is 2.21. The Morgan fingerprint density at radius 1 is 0.786 bits per heavy atom. The molecule has 42 heavy (non-hydrogen) atoms. The van der Waals surface area contributed by atoms with Gasteiger partial charge in [-0.05, 0) is 44.0 Å². The van der Waals surface area contributed by atoms with Crippen LogP contribution in [0.4, 0.5) is 14.5 Å². The molecule has 0 amide bonds. The average molecular weight is 574 g/mol. The fourth-order valence-corrected chi connectivity index (χ4v) is 5.89. The monoisotopic (exact) mass is 573 g/mol. The molecule has 220 valence electrons. The van der Waals surface area contributed by atoms with Crippen LogP contribution < -0.4 is 21.9 Å². The molecule has 3 aromatic carbocycles. The molecule has 2 N–H and O–H groups in total. The maximum Gasteiger partial charge on any atom is 0.331 e. The SMILES string of the molecule is Cc1cc(C)cc(CN2CCN(c3c(C)n(Cc4c(F)cccc4F)c(=O)n(C[C@H](N)c4ccccc4)c3=O)CC2)c1. The van der Waals surface area contributed by atoms with Crippen LogP contribution in [0.2, 0.25) is 0 Å². The minimum Gasteiger partial charge on any atom is -0.363 e. The van der Waals surface area contributed by atoms with E-state index in [2.05, 4.69) is 36.9 Å². The number of aryl methyl sites for hydroxylation is 2. The van der Waals surface area contributed by atoms with Gasteiger partial charge in [0.1, 0.15) is 17.3 Å². The first-order chi connectivity index (χ1) is 20.1. The number of piperazine rings is 1. The molecule has 1 saturated heterocycles. The van der Waals surface area contributed by atoms with Gasteiger partial charge < -0.3 is 10.6 Å². The van der Waals surface area contributed by atoms with E-state index < -0.39 is 28.9 Å². The molecule has 0 spiro atoms. The predicted octanol–water partition coefficient (Wildman–Crippen LogP) is 4.28. The van der Waals surface area contributed by atoms with E-state index >= 15 is 0 Å². The van der Waals surface area contributed by atoms with E-state index in [1.54, 1.807) is 6.92 Å². The lowest BCUT2D eigenvalue weighted by atomic mass is 10.1. The summed E-state index contributed by atoms with van der Waals surface area (Å²) in [6.07, 6.45) is 0. The third-order valence-corrected chi connectivity index (χ3v) is 8.02. The Kier molecular flexibility index (Phi) is 8.70. The zero-order chi connectivity index (χ0) is 30.0. The van der Waals surface area contributed by atoms with Gasteiger partial charge in [0.15, 0.2) is 0 Å². The maximum absolute atomic E-state index is 14.7. The number of hydrogen-bond donors (Lipinski definition) is 1. The molecular formula is C33H37F2N5O2. The van der Waals surface area contributed by atoms with Crippen LogP contribution in [0.1, 0.15) is 39.6 Å². The number of nitrogens with two attached hydrogens (primary N) is 1. The van der Waals surface area contributed by atoms with Crippen LogP contribution in [0.25, 0.3) is 0 Å². The average Bonchev–Trinajstić information content (AvgIpc) is 2.95. The van der Waals surface area contributed by atoms with Crippen LogP contribution in [0.3, 0.4) is 0 Å². The minimum atomic E-state index is -0.749. The molecule has 0 radical (unpaired) electrons. The van der Waals surface area contributed by atoms with Gasteiger partial charge in [-0.2, -0.15) is 0 Å². The van der Waals surface area contributed by atoms with E-state index in [0.29, 0.717) is 24.5 Å². The Morgan fingerprint density at radius 3 is 2.02 bits per heavy atom. The fourth-order valence-electron chi connectivity index (χ4n) is 5.89. The summed E-state index contributed by atoms with van der Waals surface area (Å²) in [6, 6.07) is 18.7. The quantitative estimate of drug-likeness (QED) is 0.341. The van der Waals surface area contributed by atoms with Crippen molar-refractivity contribution in [1.29, 1.82) is 0 Å². The molecule has 1 aliphatic rings. The number of hydrogen-bond acceptors (Lipinski definition) is 5. The van der Waals surface area contributed by atoms with Crippen molar-refractivity contribution < 1.29 is 8.78 Å². The number of benzene rings is 3. The lowest BCUT2D eigenvalue weighted by Crippen LogP contribution is -2.51. The zero-order valence-electron chi connectivity index (χ0n) is 24.3. The number of aromatic nitrogens is 2. The van der Waals surface area contributed by atoms with Crippen molar-refractivity contribution >= 4 is 5.69 Å². The lowest BCUT2D eigenvalue weighted by molar-refractivity contribution is 0.249. The zero-order valence-corrected chi connectivity index (χ0v) is 24.3. The summed E-state index contributed by atoms with van der Waals surface area (Å²) in [4.78, 5) is 32.0. The second kappa shape index (κ2) is 12.4. The first kappa shape index (κ1) is 29.4. The van der Waals surface area contributed by atoms with Crippen molar-refractivity contribution in [3.8, 4) is 0 Å². The molecule has 0 unspecified atom stereocenters. The third kappa shape index (κ3) is 6.22. The third-order valence-electron chi connectivity index (χ3n) is 8.02. The lowest BCUT2D eigenvalue weighted by Gasteiger charge is -2.37. The standard InChI is InChI=1S/C33H37F2N5O2/c1-22-16-23(2)18-25(17-22)19-37-12-14-38(15-13-37)31-24(3)39(20-27-28(34)10-7-11-29(27)35)33(42)40(32(31)41)21-30(36)26-8-5-4-6-9-26/h4-11,16-18,30H,12-15,19-21,36H2,1-3H3/t30-/m0/s1. The summed E-state index contributed by atoms with van der Waals surface area (Å²) >= 11 is 0. The van der Waals surface area contributed by atoms with Crippen molar-refractivity contribution in [3.05, 3.63) is 133 Å². The molecule has 0 bridgehead atoms. The highest BCUT2D eigenvalue weighted by Gasteiger charge is 2.26. The van der Waals surface area contributed by atoms with Crippen molar-refractivity contribution in [1.82, 2.24) is 14.0 Å². The first-order valence-electron chi connectivity index (χ1n) is 14.2. The Bertz CT molecular complexity index is 1650. The molecule has 4 aromatic rings. The summed E-state index contributed by atoms with van der Waals surface area (Å²) in [5.41, 5.74) is 10.3. The smallest absolute Gasteiger partial charge is 0.331 e. The first-order valence-corrected chi connectivity index (χ1v) is 14.2. The largest absolute Gasteiger partial charge is 0.363 e. The van der Waals surface area contributed by atoms with Gasteiger partial charge in [0, 0.05) is 50.0 Å². The van der Waals surface area contributed by atoms with Gasteiger partial charge in [-0.15, -0.1) is 0 Å². The highest BCUT2D eigenvalue weighted by molar-refractivity contribution is 5.50. The number of anilines is 1. The molecule has 2 heterocycles. The number of rotatable bonds is 8. The highest BCUT2D eigenvalue weighted by atomic mass is 19.1. The fraction of sp³-hybridized carbons (Fsp3) is 0.333. The van der Waals surface area contributed by atoms with Gasteiger partial charge in [-0.25, -0.2) is 13.6 Å². The molecule has 1 aliphatic heterocycles. The van der Waals surface area contributed by atoms with Crippen molar-refractivity contribution in [2.45, 2.75) is 46.4 Å². The summed E-state index contributed by atoms with van der Waals surface area (Å²) in [6.45, 7) is 8.81. The van der Waals surface area contributed by atoms with Crippen LogP contribution >= 0.6 is 0 Å². The second-order valence-electron chi connectivity index (χ2n) is 11.2. The van der Waals surface area contributed by atoms with Crippen LogP contribution in [0, 0.1) is 32.4 Å². The van der Waals surface area contributed by atoms with E-state index in [0.717, 1.165) is 41.9 Å².